The minimum Gasteiger partial charge on any atom is -0.497 e. The van der Waals surface area contributed by atoms with E-state index < -0.39 is 11.5 Å². The smallest absolute Gasteiger partial charge is 0.261 e. The number of methoxy groups -OCH3 is 1. The number of H-pyrrole nitrogens is 2. The van der Waals surface area contributed by atoms with Crippen LogP contribution in [-0.4, -0.2) is 33.2 Å². The molecule has 2 aromatic carbocycles. The molecule has 4 rings (SSSR count). The lowest BCUT2D eigenvalue weighted by Crippen LogP contribution is -2.29. The fraction of sp³-hybridized carbons (Fsp3) is 0.0909. The minimum absolute atomic E-state index is 0.0320. The number of pyridine rings is 1. The molecule has 30 heavy (non-hydrogen) atoms. The van der Waals surface area contributed by atoms with Crippen molar-refractivity contribution in [1.82, 2.24) is 25.5 Å². The zero-order chi connectivity index (χ0) is 20.9. The van der Waals surface area contributed by atoms with Crippen LogP contribution in [0, 0.1) is 0 Å². The summed E-state index contributed by atoms with van der Waals surface area (Å²) in [6.45, 7) is 0.113. The molecule has 0 saturated carbocycles. The summed E-state index contributed by atoms with van der Waals surface area (Å²) in [6.07, 6.45) is 0. The van der Waals surface area contributed by atoms with Crippen molar-refractivity contribution in [3.63, 3.8) is 0 Å². The van der Waals surface area contributed by atoms with Gasteiger partial charge in [0.1, 0.15) is 17.1 Å². The summed E-state index contributed by atoms with van der Waals surface area (Å²) < 4.78 is 5.14. The van der Waals surface area contributed by atoms with Crippen molar-refractivity contribution in [2.45, 2.75) is 6.54 Å². The molecule has 1 amide bonds. The number of hydrogen-bond donors (Lipinski definition) is 3. The molecular formula is C22H19N5O3. The molecule has 8 nitrogen and oxygen atoms in total. The third kappa shape index (κ3) is 4.12. The molecule has 0 aliphatic carbocycles. The molecule has 0 atom stereocenters. The number of carbonyl (C=O) groups is 1. The van der Waals surface area contributed by atoms with Crippen molar-refractivity contribution in [3.05, 3.63) is 88.5 Å². The second-order valence-corrected chi connectivity index (χ2v) is 6.50. The summed E-state index contributed by atoms with van der Waals surface area (Å²) in [6, 6.07) is 20.0. The Labute approximate surface area is 172 Å². The Hall–Kier alpha value is -4.20. The number of rotatable bonds is 6. The van der Waals surface area contributed by atoms with Crippen LogP contribution in [-0.2, 0) is 6.54 Å². The molecule has 0 aliphatic heterocycles. The van der Waals surface area contributed by atoms with Crippen LogP contribution < -0.4 is 15.6 Å². The van der Waals surface area contributed by atoms with E-state index in [9.17, 15) is 9.59 Å². The van der Waals surface area contributed by atoms with Gasteiger partial charge in [-0.25, -0.2) is 4.98 Å². The molecule has 0 saturated heterocycles. The molecule has 0 bridgehead atoms. The van der Waals surface area contributed by atoms with Gasteiger partial charge in [0.2, 0.25) is 0 Å². The Morgan fingerprint density at radius 1 is 1.00 bits per heavy atom. The zero-order valence-corrected chi connectivity index (χ0v) is 16.2. The van der Waals surface area contributed by atoms with E-state index in [1.807, 2.05) is 54.6 Å². The maximum Gasteiger partial charge on any atom is 0.261 e. The third-order valence-corrected chi connectivity index (χ3v) is 4.54. The van der Waals surface area contributed by atoms with Gasteiger partial charge in [-0.1, -0.05) is 30.3 Å². The summed E-state index contributed by atoms with van der Waals surface area (Å²) in [5, 5.41) is 9.64. The molecule has 8 heteroatoms. The molecular weight excluding hydrogens is 382 g/mol. The fourth-order valence-electron chi connectivity index (χ4n) is 2.94. The number of aromatic amines is 2. The third-order valence-electron chi connectivity index (χ3n) is 4.54. The average Bonchev–Trinajstić information content (AvgIpc) is 3.27. The molecule has 0 aliphatic rings. The van der Waals surface area contributed by atoms with E-state index in [0.717, 1.165) is 16.9 Å². The summed E-state index contributed by atoms with van der Waals surface area (Å²) in [5.74, 6) is 1.24. The first kappa shape index (κ1) is 19.1. The highest BCUT2D eigenvalue weighted by Crippen LogP contribution is 2.19. The topological polar surface area (TPSA) is 113 Å². The molecule has 2 aromatic heterocycles. The van der Waals surface area contributed by atoms with E-state index in [1.165, 1.54) is 6.07 Å². The average molecular weight is 401 g/mol. The summed E-state index contributed by atoms with van der Waals surface area (Å²) in [4.78, 5) is 31.9. The van der Waals surface area contributed by atoms with Gasteiger partial charge in [-0.05, 0) is 42.0 Å². The van der Waals surface area contributed by atoms with E-state index in [-0.39, 0.29) is 12.1 Å². The van der Waals surface area contributed by atoms with Crippen molar-refractivity contribution in [1.29, 1.82) is 0 Å². The van der Waals surface area contributed by atoms with Gasteiger partial charge in [-0.15, -0.1) is 0 Å². The standard InChI is InChI=1S/C22H19N5O3/c1-30-16-9-7-15(8-10-16)20-25-19(26-27-20)13-23-21(28)17-11-12-18(24-22(17)29)14-5-3-2-4-6-14/h2-12H,13H2,1H3,(H,23,28)(H,24,29)(H,25,26,27). The molecule has 150 valence electrons. The lowest BCUT2D eigenvalue weighted by molar-refractivity contribution is 0.0948. The summed E-state index contributed by atoms with van der Waals surface area (Å²) in [5.41, 5.74) is 1.92. The number of aromatic nitrogens is 4. The van der Waals surface area contributed by atoms with Crippen molar-refractivity contribution in [2.75, 3.05) is 7.11 Å². The highest BCUT2D eigenvalue weighted by atomic mass is 16.5. The number of nitrogens with zero attached hydrogens (tertiary/aromatic N) is 2. The van der Waals surface area contributed by atoms with E-state index in [4.69, 9.17) is 4.74 Å². The van der Waals surface area contributed by atoms with Crippen molar-refractivity contribution < 1.29 is 9.53 Å². The molecule has 0 spiro atoms. The zero-order valence-electron chi connectivity index (χ0n) is 16.2. The maximum atomic E-state index is 12.4. The lowest BCUT2D eigenvalue weighted by Gasteiger charge is -2.05. The molecule has 0 radical (unpaired) electrons. The van der Waals surface area contributed by atoms with E-state index in [1.54, 1.807) is 13.2 Å². The van der Waals surface area contributed by atoms with Crippen molar-refractivity contribution in [3.8, 4) is 28.4 Å². The Bertz CT molecular complexity index is 1210. The first-order valence-electron chi connectivity index (χ1n) is 9.26. The van der Waals surface area contributed by atoms with Crippen LogP contribution >= 0.6 is 0 Å². The number of benzene rings is 2. The summed E-state index contributed by atoms with van der Waals surface area (Å²) in [7, 11) is 1.60. The van der Waals surface area contributed by atoms with Crippen molar-refractivity contribution >= 4 is 5.91 Å². The van der Waals surface area contributed by atoms with Crippen LogP contribution in [0.5, 0.6) is 5.75 Å². The number of nitrogens with one attached hydrogen (secondary N) is 3. The van der Waals surface area contributed by atoms with Crippen LogP contribution in [0.3, 0.4) is 0 Å². The van der Waals surface area contributed by atoms with Gasteiger partial charge in [-0.3, -0.25) is 14.7 Å². The highest BCUT2D eigenvalue weighted by molar-refractivity contribution is 5.94. The summed E-state index contributed by atoms with van der Waals surface area (Å²) >= 11 is 0. The first-order chi connectivity index (χ1) is 14.6. The Morgan fingerprint density at radius 2 is 1.77 bits per heavy atom. The van der Waals surface area contributed by atoms with E-state index >= 15 is 0 Å². The predicted molar refractivity (Wildman–Crippen MR) is 112 cm³/mol. The van der Waals surface area contributed by atoms with Crippen LogP contribution in [0.25, 0.3) is 22.6 Å². The van der Waals surface area contributed by atoms with Gasteiger partial charge < -0.3 is 15.0 Å². The van der Waals surface area contributed by atoms with Gasteiger partial charge in [0.25, 0.3) is 11.5 Å². The first-order valence-corrected chi connectivity index (χ1v) is 9.26. The van der Waals surface area contributed by atoms with Gasteiger partial charge in [0.05, 0.1) is 13.7 Å². The molecule has 4 aromatic rings. The molecule has 0 unspecified atom stereocenters. The Morgan fingerprint density at radius 3 is 2.47 bits per heavy atom. The van der Waals surface area contributed by atoms with Gasteiger partial charge in [0.15, 0.2) is 5.82 Å². The molecule has 2 heterocycles. The number of amides is 1. The van der Waals surface area contributed by atoms with Crippen LogP contribution in [0.2, 0.25) is 0 Å². The number of ether oxygens (including phenoxy) is 1. The molecule has 0 fully saturated rings. The van der Waals surface area contributed by atoms with Crippen LogP contribution in [0.1, 0.15) is 16.2 Å². The lowest BCUT2D eigenvalue weighted by atomic mass is 10.1. The second-order valence-electron chi connectivity index (χ2n) is 6.50. The second kappa shape index (κ2) is 8.44. The van der Waals surface area contributed by atoms with Crippen molar-refractivity contribution in [2.24, 2.45) is 0 Å². The number of carbonyl (C=O) groups excluding carboxylic acids is 1. The SMILES string of the molecule is COc1ccc(-c2n[nH]c(CNC(=O)c3ccc(-c4ccccc4)[nH]c3=O)n2)cc1. The van der Waals surface area contributed by atoms with E-state index in [0.29, 0.717) is 17.3 Å². The monoisotopic (exact) mass is 401 g/mol. The van der Waals surface area contributed by atoms with Crippen LogP contribution in [0.15, 0.2) is 71.5 Å². The maximum absolute atomic E-state index is 12.4. The number of hydrogen-bond acceptors (Lipinski definition) is 5. The predicted octanol–water partition coefficient (Wildman–Crippen LogP) is 2.77. The van der Waals surface area contributed by atoms with Crippen LogP contribution in [0.4, 0.5) is 0 Å². The Kier molecular flexibility index (Phi) is 5.38. The largest absolute Gasteiger partial charge is 0.497 e. The quantitative estimate of drug-likeness (QED) is 0.460. The van der Waals surface area contributed by atoms with Gasteiger partial charge >= 0.3 is 0 Å². The van der Waals surface area contributed by atoms with Gasteiger partial charge in [0, 0.05) is 11.3 Å². The Balaban J connectivity index is 1.42. The van der Waals surface area contributed by atoms with Gasteiger partial charge in [-0.2, -0.15) is 5.10 Å². The highest BCUT2D eigenvalue weighted by Gasteiger charge is 2.13. The minimum atomic E-state index is -0.488. The normalized spacial score (nSPS) is 10.6. The fourth-order valence-corrected chi connectivity index (χ4v) is 2.94. The van der Waals surface area contributed by atoms with E-state index in [2.05, 4.69) is 25.5 Å². The molecule has 3 N–H and O–H groups in total.